The van der Waals surface area contributed by atoms with E-state index < -0.39 is 5.97 Å². The first-order valence-electron chi connectivity index (χ1n) is 4.57. The predicted molar refractivity (Wildman–Crippen MR) is 58.8 cm³/mol. The molecule has 0 aliphatic heterocycles. The number of nitrogens with zero attached hydrogens (tertiary/aromatic N) is 2. The Morgan fingerprint density at radius 3 is 2.81 bits per heavy atom. The number of aromatic nitrogens is 2. The summed E-state index contributed by atoms with van der Waals surface area (Å²) in [5.41, 5.74) is 7.12. The maximum atomic E-state index is 10.8. The monoisotopic (exact) mass is 215 g/mol. The van der Waals surface area contributed by atoms with Gasteiger partial charge in [0.2, 0.25) is 0 Å². The molecule has 0 bridgehead atoms. The van der Waals surface area contributed by atoms with Gasteiger partial charge in [-0.05, 0) is 12.1 Å². The number of nitrogens with two attached hydrogens (primary N) is 1. The SMILES string of the molecule is Nc1ncc(C(=O)O)cc1-c1cccnc1. The van der Waals surface area contributed by atoms with Gasteiger partial charge >= 0.3 is 5.97 Å². The van der Waals surface area contributed by atoms with Gasteiger partial charge in [-0.15, -0.1) is 0 Å². The molecule has 0 saturated heterocycles. The number of anilines is 1. The minimum atomic E-state index is -1.03. The highest BCUT2D eigenvalue weighted by Crippen LogP contribution is 2.24. The van der Waals surface area contributed by atoms with E-state index in [1.807, 2.05) is 0 Å². The standard InChI is InChI=1S/C11H9N3O2/c12-10-9(7-2-1-3-13-5-7)4-8(6-14-10)11(15)16/h1-6H,(H2,12,14)(H,15,16). The van der Waals surface area contributed by atoms with Gasteiger partial charge in [0, 0.05) is 29.7 Å². The molecule has 3 N–H and O–H groups in total. The quantitative estimate of drug-likeness (QED) is 0.790. The molecule has 5 heteroatoms. The third-order valence-electron chi connectivity index (χ3n) is 2.14. The van der Waals surface area contributed by atoms with Crippen LogP contribution in [0.4, 0.5) is 5.82 Å². The Morgan fingerprint density at radius 1 is 1.38 bits per heavy atom. The molecule has 0 saturated carbocycles. The van der Waals surface area contributed by atoms with Crippen LogP contribution in [-0.4, -0.2) is 21.0 Å². The molecule has 0 aliphatic carbocycles. The highest BCUT2D eigenvalue weighted by molar-refractivity contribution is 5.90. The first-order chi connectivity index (χ1) is 7.68. The largest absolute Gasteiger partial charge is 0.478 e. The number of carbonyl (C=O) groups is 1. The number of pyridine rings is 2. The lowest BCUT2D eigenvalue weighted by molar-refractivity contribution is 0.0696. The van der Waals surface area contributed by atoms with Crippen molar-refractivity contribution in [3.05, 3.63) is 42.4 Å². The van der Waals surface area contributed by atoms with Gasteiger partial charge in [0.25, 0.3) is 0 Å². The summed E-state index contributed by atoms with van der Waals surface area (Å²) in [6.45, 7) is 0. The first-order valence-corrected chi connectivity index (χ1v) is 4.57. The molecule has 0 radical (unpaired) electrons. The summed E-state index contributed by atoms with van der Waals surface area (Å²) in [5, 5.41) is 8.85. The van der Waals surface area contributed by atoms with Crippen LogP contribution in [0.3, 0.4) is 0 Å². The summed E-state index contributed by atoms with van der Waals surface area (Å²) in [5.74, 6) is -0.740. The first kappa shape index (κ1) is 10.1. The molecule has 2 aromatic rings. The molecule has 0 aliphatic rings. The molecule has 2 aromatic heterocycles. The summed E-state index contributed by atoms with van der Waals surface area (Å²) in [6, 6.07) is 5.04. The minimum Gasteiger partial charge on any atom is -0.478 e. The predicted octanol–water partition coefficient (Wildman–Crippen LogP) is 1.42. The van der Waals surface area contributed by atoms with Gasteiger partial charge in [-0.3, -0.25) is 4.98 Å². The van der Waals surface area contributed by atoms with Crippen LogP contribution >= 0.6 is 0 Å². The van der Waals surface area contributed by atoms with Crippen LogP contribution in [0.2, 0.25) is 0 Å². The number of carboxylic acids is 1. The molecule has 5 nitrogen and oxygen atoms in total. The van der Waals surface area contributed by atoms with Gasteiger partial charge in [-0.1, -0.05) is 6.07 Å². The van der Waals surface area contributed by atoms with Crippen molar-refractivity contribution in [1.82, 2.24) is 9.97 Å². The average Bonchev–Trinajstić information content (AvgIpc) is 2.30. The summed E-state index contributed by atoms with van der Waals surface area (Å²) in [7, 11) is 0. The molecule has 2 heterocycles. The Morgan fingerprint density at radius 2 is 2.19 bits per heavy atom. The molecule has 0 fully saturated rings. The van der Waals surface area contributed by atoms with Crippen molar-refractivity contribution in [2.45, 2.75) is 0 Å². The van der Waals surface area contributed by atoms with Gasteiger partial charge in [0.15, 0.2) is 0 Å². The van der Waals surface area contributed by atoms with E-state index >= 15 is 0 Å². The molecule has 0 atom stereocenters. The Bertz CT molecular complexity index is 526. The van der Waals surface area contributed by atoms with Crippen LogP contribution in [0.1, 0.15) is 10.4 Å². The highest BCUT2D eigenvalue weighted by atomic mass is 16.4. The Labute approximate surface area is 91.6 Å². The second kappa shape index (κ2) is 3.98. The Kier molecular flexibility index (Phi) is 2.51. The second-order valence-electron chi connectivity index (χ2n) is 3.20. The molecule has 0 aromatic carbocycles. The molecule has 80 valence electrons. The normalized spacial score (nSPS) is 10.0. The van der Waals surface area contributed by atoms with Crippen LogP contribution in [0, 0.1) is 0 Å². The number of nitrogen functional groups attached to an aromatic ring is 1. The number of rotatable bonds is 2. The third-order valence-corrected chi connectivity index (χ3v) is 2.14. The molecule has 0 spiro atoms. The van der Waals surface area contributed by atoms with Crippen molar-refractivity contribution in [2.24, 2.45) is 0 Å². The summed E-state index contributed by atoms with van der Waals surface area (Å²) in [4.78, 5) is 18.6. The third kappa shape index (κ3) is 1.83. The van der Waals surface area contributed by atoms with E-state index in [9.17, 15) is 4.79 Å². The average molecular weight is 215 g/mol. The zero-order valence-corrected chi connectivity index (χ0v) is 8.29. The van der Waals surface area contributed by atoms with Gasteiger partial charge in [-0.2, -0.15) is 0 Å². The fraction of sp³-hybridized carbons (Fsp3) is 0. The summed E-state index contributed by atoms with van der Waals surface area (Å²) < 4.78 is 0. The topological polar surface area (TPSA) is 89.1 Å². The smallest absolute Gasteiger partial charge is 0.337 e. The van der Waals surface area contributed by atoms with Crippen LogP contribution in [0.15, 0.2) is 36.8 Å². The molecule has 0 amide bonds. The lowest BCUT2D eigenvalue weighted by Crippen LogP contribution is -2.01. The zero-order chi connectivity index (χ0) is 11.5. The van der Waals surface area contributed by atoms with Crippen LogP contribution in [0.5, 0.6) is 0 Å². The fourth-order valence-electron chi connectivity index (χ4n) is 1.35. The van der Waals surface area contributed by atoms with E-state index in [1.54, 1.807) is 24.5 Å². The number of hydrogen-bond donors (Lipinski definition) is 2. The van der Waals surface area contributed by atoms with E-state index in [0.717, 1.165) is 5.56 Å². The van der Waals surface area contributed by atoms with E-state index in [1.165, 1.54) is 12.3 Å². The zero-order valence-electron chi connectivity index (χ0n) is 8.29. The minimum absolute atomic E-state index is 0.105. The summed E-state index contributed by atoms with van der Waals surface area (Å²) >= 11 is 0. The maximum Gasteiger partial charge on any atom is 0.337 e. The fourth-order valence-corrected chi connectivity index (χ4v) is 1.35. The van der Waals surface area contributed by atoms with Crippen molar-refractivity contribution >= 4 is 11.8 Å². The summed E-state index contributed by atoms with van der Waals surface area (Å²) in [6.07, 6.45) is 4.48. The van der Waals surface area contributed by atoms with E-state index in [0.29, 0.717) is 5.56 Å². The molecular weight excluding hydrogens is 206 g/mol. The maximum absolute atomic E-state index is 10.8. The highest BCUT2D eigenvalue weighted by Gasteiger charge is 2.09. The van der Waals surface area contributed by atoms with Gasteiger partial charge in [0.05, 0.1) is 5.56 Å². The molecular formula is C11H9N3O2. The van der Waals surface area contributed by atoms with Crippen molar-refractivity contribution in [1.29, 1.82) is 0 Å². The van der Waals surface area contributed by atoms with E-state index in [4.69, 9.17) is 10.8 Å². The lowest BCUT2D eigenvalue weighted by atomic mass is 10.1. The van der Waals surface area contributed by atoms with Crippen LogP contribution in [-0.2, 0) is 0 Å². The van der Waals surface area contributed by atoms with Crippen LogP contribution < -0.4 is 5.73 Å². The number of carboxylic acid groups (broad SMARTS) is 1. The second-order valence-corrected chi connectivity index (χ2v) is 3.20. The molecule has 0 unspecified atom stereocenters. The van der Waals surface area contributed by atoms with Gasteiger partial charge in [-0.25, -0.2) is 9.78 Å². The lowest BCUT2D eigenvalue weighted by Gasteiger charge is -2.05. The van der Waals surface area contributed by atoms with Crippen molar-refractivity contribution in [3.8, 4) is 11.1 Å². The van der Waals surface area contributed by atoms with Gasteiger partial charge in [0.1, 0.15) is 5.82 Å². The Balaban J connectivity index is 2.56. The van der Waals surface area contributed by atoms with Crippen LogP contribution in [0.25, 0.3) is 11.1 Å². The van der Waals surface area contributed by atoms with E-state index in [2.05, 4.69) is 9.97 Å². The van der Waals surface area contributed by atoms with E-state index in [-0.39, 0.29) is 11.4 Å². The van der Waals surface area contributed by atoms with Crippen molar-refractivity contribution < 1.29 is 9.90 Å². The number of hydrogen-bond acceptors (Lipinski definition) is 4. The van der Waals surface area contributed by atoms with Crippen molar-refractivity contribution in [2.75, 3.05) is 5.73 Å². The van der Waals surface area contributed by atoms with Gasteiger partial charge < -0.3 is 10.8 Å². The van der Waals surface area contributed by atoms with Crippen molar-refractivity contribution in [3.63, 3.8) is 0 Å². The molecule has 16 heavy (non-hydrogen) atoms. The Hall–Kier alpha value is -2.43. The molecule has 2 rings (SSSR count). The number of aromatic carboxylic acids is 1.